The van der Waals surface area contributed by atoms with Crippen molar-refractivity contribution in [1.82, 2.24) is 29.9 Å². The van der Waals surface area contributed by atoms with Crippen LogP contribution in [0.15, 0.2) is 48.8 Å². The zero-order valence-corrected chi connectivity index (χ0v) is 33.4. The lowest BCUT2D eigenvalue weighted by Crippen LogP contribution is -2.39. The van der Waals surface area contributed by atoms with Gasteiger partial charge >= 0.3 is 11.9 Å². The van der Waals surface area contributed by atoms with E-state index in [2.05, 4.69) is 70.6 Å². The highest BCUT2D eigenvalue weighted by Crippen LogP contribution is 2.21. The number of pyridine rings is 2. The molecule has 0 amide bonds. The fraction of sp³-hybridized carbons (Fsp3) is 0.438. The second-order valence-corrected chi connectivity index (χ2v) is 25.8. The second-order valence-electron chi connectivity index (χ2n) is 14.6. The summed E-state index contributed by atoms with van der Waals surface area (Å²) in [4.78, 5) is 31.7. The van der Waals surface area contributed by atoms with Crippen molar-refractivity contribution >= 4 is 73.5 Å². The van der Waals surface area contributed by atoms with Crippen LogP contribution in [0.3, 0.4) is 0 Å². The van der Waals surface area contributed by atoms with Gasteiger partial charge in [-0.2, -0.15) is 10.2 Å². The van der Waals surface area contributed by atoms with Gasteiger partial charge in [-0.05, 0) is 77.9 Å². The monoisotopic (exact) mass is 738 g/mol. The van der Waals surface area contributed by atoms with Gasteiger partial charge in [0.15, 0.2) is 5.82 Å². The molecule has 0 fully saturated rings. The van der Waals surface area contributed by atoms with E-state index in [-0.39, 0.29) is 26.6 Å². The minimum absolute atomic E-state index is 0.0525. The summed E-state index contributed by atoms with van der Waals surface area (Å²) in [5.74, 6) is -0.409. The number of aromatic amines is 1. The fourth-order valence-electron chi connectivity index (χ4n) is 3.46. The van der Waals surface area contributed by atoms with Crippen molar-refractivity contribution in [1.29, 1.82) is 0 Å². The number of halogens is 3. The lowest BCUT2D eigenvalue weighted by atomic mass is 10.2. The standard InChI is InChI=1S/C16H22ClN3O2Si.C10H11Cl2NO2.C6H12N2Si/c1-16(2,3)22-15(21)11-7-8-12(18-14(11)17)20-10-9-13(19-20)23(4,5)6;1-10(2,3)15-9(14)6-4-5-7(11)13-8(6)12;1-9(2,3)6-4-5-7-8-6/h7-10H,1-6H3;4-5H,1-3H3;4-5H,1-3H3,(H,7,8). The van der Waals surface area contributed by atoms with Crippen LogP contribution < -0.4 is 10.6 Å². The molecule has 0 saturated heterocycles. The summed E-state index contributed by atoms with van der Waals surface area (Å²) < 4.78 is 12.1. The van der Waals surface area contributed by atoms with Crippen molar-refractivity contribution in [3.63, 3.8) is 0 Å². The van der Waals surface area contributed by atoms with Crippen LogP contribution in [0.1, 0.15) is 62.3 Å². The van der Waals surface area contributed by atoms with Crippen LogP contribution in [-0.4, -0.2) is 69.2 Å². The lowest BCUT2D eigenvalue weighted by Gasteiger charge is -2.19. The highest BCUT2D eigenvalue weighted by molar-refractivity contribution is 6.88. The number of aromatic nitrogens is 6. The number of esters is 2. The summed E-state index contributed by atoms with van der Waals surface area (Å²) in [5, 5.41) is 14.3. The molecule has 47 heavy (non-hydrogen) atoms. The van der Waals surface area contributed by atoms with Gasteiger partial charge < -0.3 is 9.47 Å². The Kier molecular flexibility index (Phi) is 13.6. The third-order valence-electron chi connectivity index (χ3n) is 5.79. The third-order valence-corrected chi connectivity index (χ3v) is 10.3. The molecule has 15 heteroatoms. The summed E-state index contributed by atoms with van der Waals surface area (Å²) >= 11 is 17.5. The number of carbonyl (C=O) groups excluding carboxylic acids is 2. The van der Waals surface area contributed by atoms with Crippen molar-refractivity contribution in [3.05, 3.63) is 75.4 Å². The summed E-state index contributed by atoms with van der Waals surface area (Å²) in [5.41, 5.74) is -0.660. The van der Waals surface area contributed by atoms with Gasteiger partial charge in [0.2, 0.25) is 0 Å². The number of carbonyl (C=O) groups is 2. The van der Waals surface area contributed by atoms with E-state index in [9.17, 15) is 9.59 Å². The number of nitrogens with zero attached hydrogens (tertiary/aromatic N) is 5. The fourth-order valence-corrected chi connectivity index (χ4v) is 6.07. The SMILES string of the molecule is CC(C)(C)OC(=O)c1ccc(-n2ccc([Si](C)(C)C)n2)nc1Cl.CC(C)(C)OC(=O)c1ccc(Cl)nc1Cl.C[Si](C)(C)c1ccn[nH]1. The molecule has 0 aliphatic heterocycles. The molecular formula is C32H45Cl3N6O4Si2. The minimum Gasteiger partial charge on any atom is -0.456 e. The van der Waals surface area contributed by atoms with Gasteiger partial charge in [0.25, 0.3) is 0 Å². The zero-order chi connectivity index (χ0) is 36.0. The quantitative estimate of drug-likeness (QED) is 0.125. The largest absolute Gasteiger partial charge is 0.456 e. The number of nitrogens with one attached hydrogen (secondary N) is 1. The highest BCUT2D eigenvalue weighted by Gasteiger charge is 2.23. The molecule has 256 valence electrons. The Morgan fingerprint density at radius 2 is 1.23 bits per heavy atom. The summed E-state index contributed by atoms with van der Waals surface area (Å²) in [7, 11) is -2.58. The molecule has 4 aromatic rings. The van der Waals surface area contributed by atoms with Crippen molar-refractivity contribution in [2.45, 2.75) is 92.0 Å². The molecule has 10 nitrogen and oxygen atoms in total. The van der Waals surface area contributed by atoms with Crippen LogP contribution in [0.2, 0.25) is 54.7 Å². The summed E-state index contributed by atoms with van der Waals surface area (Å²) in [6.07, 6.45) is 3.67. The first-order valence-electron chi connectivity index (χ1n) is 14.9. The number of ether oxygens (including phenoxy) is 2. The normalized spacial score (nSPS) is 11.9. The topological polar surface area (TPSA) is 125 Å². The molecule has 0 aromatic carbocycles. The van der Waals surface area contributed by atoms with Crippen LogP contribution in [0.25, 0.3) is 5.82 Å². The van der Waals surface area contributed by atoms with Gasteiger partial charge in [-0.1, -0.05) is 74.1 Å². The maximum atomic E-state index is 12.1. The first kappa shape index (κ1) is 40.1. The first-order chi connectivity index (χ1) is 21.4. The maximum Gasteiger partial charge on any atom is 0.341 e. The predicted octanol–water partition coefficient (Wildman–Crippen LogP) is 7.72. The first-order valence-corrected chi connectivity index (χ1v) is 23.0. The molecule has 1 N–H and O–H groups in total. The Morgan fingerprint density at radius 3 is 1.60 bits per heavy atom. The van der Waals surface area contributed by atoms with E-state index in [0.717, 1.165) is 5.32 Å². The van der Waals surface area contributed by atoms with E-state index in [1.54, 1.807) is 37.6 Å². The molecule has 0 spiro atoms. The number of H-pyrrole nitrogens is 1. The average molecular weight is 740 g/mol. The van der Waals surface area contributed by atoms with Crippen LogP contribution in [0.5, 0.6) is 0 Å². The summed E-state index contributed by atoms with van der Waals surface area (Å²) in [6, 6.07) is 10.4. The van der Waals surface area contributed by atoms with Crippen LogP contribution in [0, 0.1) is 0 Å². The molecule has 0 aliphatic carbocycles. The van der Waals surface area contributed by atoms with Crippen molar-refractivity contribution < 1.29 is 19.1 Å². The van der Waals surface area contributed by atoms with E-state index < -0.39 is 39.3 Å². The lowest BCUT2D eigenvalue weighted by molar-refractivity contribution is 0.00567. The Morgan fingerprint density at radius 1 is 0.723 bits per heavy atom. The van der Waals surface area contributed by atoms with Gasteiger partial charge in [-0.25, -0.2) is 24.2 Å². The number of rotatable bonds is 5. The highest BCUT2D eigenvalue weighted by atomic mass is 35.5. The molecule has 0 saturated carbocycles. The Bertz CT molecular complexity index is 1650. The van der Waals surface area contributed by atoms with E-state index in [4.69, 9.17) is 44.3 Å². The molecule has 4 aromatic heterocycles. The van der Waals surface area contributed by atoms with Crippen molar-refractivity contribution in [3.8, 4) is 5.82 Å². The third kappa shape index (κ3) is 13.5. The van der Waals surface area contributed by atoms with Crippen LogP contribution in [-0.2, 0) is 9.47 Å². The molecule has 0 radical (unpaired) electrons. The van der Waals surface area contributed by atoms with E-state index >= 15 is 0 Å². The van der Waals surface area contributed by atoms with Gasteiger partial charge in [0.05, 0.1) is 11.1 Å². The molecule has 4 heterocycles. The molecule has 0 atom stereocenters. The average Bonchev–Trinajstić information content (AvgIpc) is 3.60. The van der Waals surface area contributed by atoms with Gasteiger partial charge in [-0.3, -0.25) is 5.10 Å². The van der Waals surface area contributed by atoms with Gasteiger partial charge in [0, 0.05) is 23.0 Å². The number of hydrogen-bond acceptors (Lipinski definition) is 8. The zero-order valence-electron chi connectivity index (χ0n) is 29.1. The minimum atomic E-state index is -1.48. The smallest absolute Gasteiger partial charge is 0.341 e. The van der Waals surface area contributed by atoms with Gasteiger partial charge in [-0.15, -0.1) is 0 Å². The van der Waals surface area contributed by atoms with Crippen LogP contribution >= 0.6 is 34.8 Å². The Hall–Kier alpha value is -3.04. The van der Waals surface area contributed by atoms with Crippen molar-refractivity contribution in [2.24, 2.45) is 0 Å². The molecule has 0 unspecified atom stereocenters. The molecular weight excluding hydrogens is 695 g/mol. The maximum absolute atomic E-state index is 12.1. The van der Waals surface area contributed by atoms with Crippen LogP contribution in [0.4, 0.5) is 0 Å². The molecule has 4 rings (SSSR count). The van der Waals surface area contributed by atoms with Gasteiger partial charge in [0.1, 0.15) is 42.8 Å². The molecule has 0 bridgehead atoms. The van der Waals surface area contributed by atoms with E-state index in [1.807, 2.05) is 39.2 Å². The van der Waals surface area contributed by atoms with E-state index in [1.165, 1.54) is 17.4 Å². The Labute approximate surface area is 294 Å². The Balaban J connectivity index is 0.000000273. The second kappa shape index (κ2) is 15.9. The molecule has 0 aliphatic rings. The predicted molar refractivity (Wildman–Crippen MR) is 196 cm³/mol. The summed E-state index contributed by atoms with van der Waals surface area (Å²) in [6.45, 7) is 24.3. The number of hydrogen-bond donors (Lipinski definition) is 1. The van der Waals surface area contributed by atoms with Crippen molar-refractivity contribution in [2.75, 3.05) is 0 Å². The van der Waals surface area contributed by atoms with E-state index in [0.29, 0.717) is 5.82 Å².